The molecule has 0 fully saturated rings. The first-order valence-electron chi connectivity index (χ1n) is 12.4. The van der Waals surface area contributed by atoms with Crippen molar-refractivity contribution in [2.45, 2.75) is 19.0 Å². The van der Waals surface area contributed by atoms with Gasteiger partial charge in [-0.2, -0.15) is 0 Å². The minimum atomic E-state index is -0.230. The van der Waals surface area contributed by atoms with Crippen molar-refractivity contribution in [1.29, 1.82) is 0 Å². The van der Waals surface area contributed by atoms with Crippen LogP contribution < -0.4 is 15.0 Å². The second kappa shape index (κ2) is 12.0. The van der Waals surface area contributed by atoms with E-state index in [1.165, 1.54) is 0 Å². The Morgan fingerprint density at radius 2 is 1.89 bits per heavy atom. The molecule has 4 aromatic rings. The third-order valence-corrected chi connectivity index (χ3v) is 7.46. The number of imidazole rings is 1. The van der Waals surface area contributed by atoms with E-state index in [4.69, 9.17) is 16.3 Å². The molecular weight excluding hydrogens is 568 g/mol. The number of hydrogen-bond acceptors (Lipinski definition) is 5. The molecule has 196 valence electrons. The number of aliphatic hydroxyl groups is 1. The van der Waals surface area contributed by atoms with Gasteiger partial charge in [0.05, 0.1) is 43.0 Å². The zero-order valence-electron chi connectivity index (χ0n) is 20.7. The number of nitrogens with zero attached hydrogens (tertiary/aromatic N) is 3. The Hall–Kier alpha value is -3.33. The molecule has 0 saturated carbocycles. The molecule has 0 spiro atoms. The second-order valence-corrected chi connectivity index (χ2v) is 10.6. The first kappa shape index (κ1) is 26.3. The summed E-state index contributed by atoms with van der Waals surface area (Å²) in [6, 6.07) is 21.2. The van der Waals surface area contributed by atoms with Crippen LogP contribution in [0.4, 0.5) is 5.69 Å². The van der Waals surface area contributed by atoms with Crippen LogP contribution in [0.15, 0.2) is 83.7 Å². The number of amides is 1. The summed E-state index contributed by atoms with van der Waals surface area (Å²) in [5.74, 6) is 0.140. The molecule has 0 bridgehead atoms. The number of benzene rings is 3. The van der Waals surface area contributed by atoms with Gasteiger partial charge in [-0.1, -0.05) is 57.9 Å². The van der Waals surface area contributed by atoms with E-state index in [-0.39, 0.29) is 18.4 Å². The molecular formula is C29H28BrClN4O3. The van der Waals surface area contributed by atoms with Gasteiger partial charge in [0.25, 0.3) is 5.91 Å². The SMILES string of the molecule is O=C(NCC(CO)c1ccc(Br)cc1)c1cccc2c1OCCN2Cc1cncn1Cc1ccc(Cl)cc1. The van der Waals surface area contributed by atoms with Crippen molar-refractivity contribution in [1.82, 2.24) is 14.9 Å². The Kier molecular flexibility index (Phi) is 8.32. The summed E-state index contributed by atoms with van der Waals surface area (Å²) in [5, 5.41) is 13.6. The van der Waals surface area contributed by atoms with Crippen LogP contribution in [0.25, 0.3) is 0 Å². The van der Waals surface area contributed by atoms with Gasteiger partial charge in [0.1, 0.15) is 6.61 Å². The topological polar surface area (TPSA) is 79.6 Å². The average molecular weight is 596 g/mol. The molecule has 1 aliphatic heterocycles. The molecule has 1 aromatic heterocycles. The number of fused-ring (bicyclic) bond motifs is 1. The third kappa shape index (κ3) is 6.04. The van der Waals surface area contributed by atoms with Crippen LogP contribution in [0.5, 0.6) is 5.75 Å². The lowest BCUT2D eigenvalue weighted by Gasteiger charge is -2.32. The van der Waals surface area contributed by atoms with Crippen molar-refractivity contribution in [3.05, 3.63) is 111 Å². The largest absolute Gasteiger partial charge is 0.489 e. The molecule has 1 aliphatic rings. The maximum Gasteiger partial charge on any atom is 0.255 e. The molecule has 7 nitrogen and oxygen atoms in total. The van der Waals surface area contributed by atoms with Gasteiger partial charge in [-0.15, -0.1) is 0 Å². The normalized spacial score (nSPS) is 13.5. The predicted octanol–water partition coefficient (Wildman–Crippen LogP) is 5.25. The third-order valence-electron chi connectivity index (χ3n) is 6.68. The number of halogens is 2. The van der Waals surface area contributed by atoms with Crippen molar-refractivity contribution in [2.24, 2.45) is 0 Å². The van der Waals surface area contributed by atoms with Crippen LogP contribution in [-0.2, 0) is 13.1 Å². The Morgan fingerprint density at radius 3 is 2.66 bits per heavy atom. The van der Waals surface area contributed by atoms with Gasteiger partial charge < -0.3 is 24.6 Å². The molecule has 3 aromatic carbocycles. The summed E-state index contributed by atoms with van der Waals surface area (Å²) in [7, 11) is 0. The number of aromatic nitrogens is 2. The van der Waals surface area contributed by atoms with Gasteiger partial charge in [-0.3, -0.25) is 4.79 Å². The highest BCUT2D eigenvalue weighted by Gasteiger charge is 2.25. The molecule has 5 rings (SSSR count). The van der Waals surface area contributed by atoms with Gasteiger partial charge >= 0.3 is 0 Å². The smallest absolute Gasteiger partial charge is 0.255 e. The highest BCUT2D eigenvalue weighted by Crippen LogP contribution is 2.36. The van der Waals surface area contributed by atoms with Crippen LogP contribution >= 0.6 is 27.5 Å². The van der Waals surface area contributed by atoms with Crippen LogP contribution in [0, 0.1) is 0 Å². The fraction of sp³-hybridized carbons (Fsp3) is 0.241. The first-order valence-corrected chi connectivity index (χ1v) is 13.6. The molecule has 1 atom stereocenters. The van der Waals surface area contributed by atoms with Gasteiger partial charge in [-0.25, -0.2) is 4.98 Å². The first-order chi connectivity index (χ1) is 18.5. The second-order valence-electron chi connectivity index (χ2n) is 9.20. The molecule has 0 saturated heterocycles. The fourth-order valence-electron chi connectivity index (χ4n) is 4.59. The quantitative estimate of drug-likeness (QED) is 0.276. The van der Waals surface area contributed by atoms with Crippen LogP contribution in [-0.4, -0.2) is 46.9 Å². The number of para-hydroxylation sites is 1. The predicted molar refractivity (Wildman–Crippen MR) is 152 cm³/mol. The molecule has 38 heavy (non-hydrogen) atoms. The molecule has 9 heteroatoms. The van der Waals surface area contributed by atoms with Gasteiger partial charge in [0, 0.05) is 34.7 Å². The van der Waals surface area contributed by atoms with Crippen LogP contribution in [0.2, 0.25) is 5.02 Å². The van der Waals surface area contributed by atoms with E-state index in [2.05, 4.69) is 35.7 Å². The molecule has 2 N–H and O–H groups in total. The lowest BCUT2D eigenvalue weighted by molar-refractivity contribution is 0.0943. The van der Waals surface area contributed by atoms with E-state index in [0.29, 0.717) is 49.1 Å². The van der Waals surface area contributed by atoms with E-state index in [0.717, 1.165) is 27.0 Å². The number of nitrogens with one attached hydrogen (secondary N) is 1. The van der Waals surface area contributed by atoms with Gasteiger partial charge in [0.2, 0.25) is 0 Å². The highest BCUT2D eigenvalue weighted by atomic mass is 79.9. The Bertz CT molecular complexity index is 1390. The van der Waals surface area contributed by atoms with E-state index >= 15 is 0 Å². The molecule has 0 aliphatic carbocycles. The van der Waals surface area contributed by atoms with E-state index < -0.39 is 0 Å². The van der Waals surface area contributed by atoms with E-state index in [1.54, 1.807) is 6.07 Å². The zero-order chi connectivity index (χ0) is 26.5. The lowest BCUT2D eigenvalue weighted by atomic mass is 10.00. The zero-order valence-corrected chi connectivity index (χ0v) is 23.0. The summed E-state index contributed by atoms with van der Waals surface area (Å²) in [4.78, 5) is 19.8. The summed E-state index contributed by atoms with van der Waals surface area (Å²) in [6.45, 7) is 2.74. The fourth-order valence-corrected chi connectivity index (χ4v) is 4.98. The summed E-state index contributed by atoms with van der Waals surface area (Å²) >= 11 is 9.46. The molecule has 2 heterocycles. The number of ether oxygens (including phenoxy) is 1. The van der Waals surface area contributed by atoms with Crippen molar-refractivity contribution in [2.75, 3.05) is 31.2 Å². The van der Waals surface area contributed by atoms with Gasteiger partial charge in [-0.05, 0) is 47.5 Å². The maximum absolute atomic E-state index is 13.2. The monoisotopic (exact) mass is 594 g/mol. The number of aliphatic hydroxyl groups excluding tert-OH is 1. The molecule has 1 unspecified atom stereocenters. The average Bonchev–Trinajstić information content (AvgIpc) is 3.37. The maximum atomic E-state index is 13.2. The number of hydrogen-bond donors (Lipinski definition) is 2. The summed E-state index contributed by atoms with van der Waals surface area (Å²) in [5.41, 5.74) is 4.51. The van der Waals surface area contributed by atoms with Crippen molar-refractivity contribution >= 4 is 39.1 Å². The summed E-state index contributed by atoms with van der Waals surface area (Å²) < 4.78 is 9.08. The highest BCUT2D eigenvalue weighted by molar-refractivity contribution is 9.10. The standard InChI is InChI=1S/C29H28BrClN4O3/c30-23-8-6-21(7-9-23)22(18-36)14-33-29(37)26-2-1-3-27-28(26)38-13-12-34(27)17-25-15-32-19-35(25)16-20-4-10-24(31)11-5-20/h1-11,15,19,22,36H,12-14,16-18H2,(H,33,37). The molecule has 1 amide bonds. The van der Waals surface area contributed by atoms with E-state index in [9.17, 15) is 9.90 Å². The Balaban J connectivity index is 1.30. The number of carbonyl (C=O) groups excluding carboxylic acids is 1. The minimum Gasteiger partial charge on any atom is -0.489 e. The minimum absolute atomic E-state index is 0.0667. The lowest BCUT2D eigenvalue weighted by Crippen LogP contribution is -2.35. The van der Waals surface area contributed by atoms with Gasteiger partial charge in [0.15, 0.2) is 5.75 Å². The van der Waals surface area contributed by atoms with E-state index in [1.807, 2.05) is 73.2 Å². The van der Waals surface area contributed by atoms with Crippen LogP contribution in [0.1, 0.15) is 33.1 Å². The van der Waals surface area contributed by atoms with Crippen molar-refractivity contribution < 1.29 is 14.6 Å². The number of anilines is 1. The number of carbonyl (C=O) groups is 1. The van der Waals surface area contributed by atoms with Crippen molar-refractivity contribution in [3.8, 4) is 5.75 Å². The number of rotatable bonds is 9. The van der Waals surface area contributed by atoms with Crippen LogP contribution in [0.3, 0.4) is 0 Å². The summed E-state index contributed by atoms with van der Waals surface area (Å²) in [6.07, 6.45) is 3.71. The Labute approximate surface area is 235 Å². The Morgan fingerprint density at radius 1 is 1.11 bits per heavy atom. The van der Waals surface area contributed by atoms with Crippen molar-refractivity contribution in [3.63, 3.8) is 0 Å². The molecule has 0 radical (unpaired) electrons.